The molecule has 4 nitrogen and oxygen atoms in total. The first-order valence-electron chi connectivity index (χ1n) is 3.64. The maximum absolute atomic E-state index is 10.6. The Balaban J connectivity index is 2.69. The zero-order valence-electron chi connectivity index (χ0n) is 7.13. The van der Waals surface area contributed by atoms with Crippen LogP contribution in [-0.4, -0.2) is 17.4 Å². The Morgan fingerprint density at radius 1 is 1.85 bits per heavy atom. The average Bonchev–Trinajstić information content (AvgIpc) is 2.48. The number of anilines is 1. The summed E-state index contributed by atoms with van der Waals surface area (Å²) in [5, 5.41) is 3.13. The molecule has 0 spiro atoms. The lowest BCUT2D eigenvalue weighted by molar-refractivity contribution is -0.114. The number of amides is 1. The lowest BCUT2D eigenvalue weighted by atomic mass is 10.5. The lowest BCUT2D eigenvalue weighted by Crippen LogP contribution is -2.04. The van der Waals surface area contributed by atoms with E-state index in [-0.39, 0.29) is 5.91 Å². The van der Waals surface area contributed by atoms with Gasteiger partial charge in [0, 0.05) is 6.92 Å². The predicted molar refractivity (Wildman–Crippen MR) is 52.4 cm³/mol. The van der Waals surface area contributed by atoms with Crippen LogP contribution in [0.2, 0.25) is 0 Å². The van der Waals surface area contributed by atoms with Crippen LogP contribution in [0.25, 0.3) is 0 Å². The van der Waals surface area contributed by atoms with Crippen LogP contribution in [0.4, 0.5) is 5.13 Å². The Morgan fingerprint density at radius 3 is 3.23 bits per heavy atom. The fourth-order valence-corrected chi connectivity index (χ4v) is 1.42. The summed E-state index contributed by atoms with van der Waals surface area (Å²) in [6, 6.07) is 0. The molecule has 0 bridgehead atoms. The van der Waals surface area contributed by atoms with Gasteiger partial charge in [0.2, 0.25) is 5.91 Å². The van der Waals surface area contributed by atoms with Gasteiger partial charge in [0.15, 0.2) is 5.13 Å². The van der Waals surface area contributed by atoms with Crippen molar-refractivity contribution in [2.24, 2.45) is 5.73 Å². The highest BCUT2D eigenvalue weighted by Gasteiger charge is 2.00. The number of aromatic nitrogens is 1. The summed E-state index contributed by atoms with van der Waals surface area (Å²) in [7, 11) is 0. The van der Waals surface area contributed by atoms with Crippen LogP contribution in [0.5, 0.6) is 0 Å². The number of nitrogens with one attached hydrogen (secondary N) is 1. The molecule has 1 aromatic rings. The maximum Gasteiger partial charge on any atom is 0.223 e. The fourth-order valence-electron chi connectivity index (χ4n) is 0.678. The van der Waals surface area contributed by atoms with Crippen LogP contribution in [-0.2, 0) is 4.79 Å². The van der Waals surface area contributed by atoms with Gasteiger partial charge in [-0.3, -0.25) is 4.79 Å². The molecule has 0 fully saturated rings. The summed E-state index contributed by atoms with van der Waals surface area (Å²) >= 11 is 1.33. The van der Waals surface area contributed by atoms with Crippen LogP contribution < -0.4 is 11.1 Å². The van der Waals surface area contributed by atoms with E-state index in [1.807, 2.05) is 0 Å². The zero-order valence-corrected chi connectivity index (χ0v) is 7.94. The minimum Gasteiger partial charge on any atom is -0.320 e. The molecule has 1 amide bonds. The highest BCUT2D eigenvalue weighted by molar-refractivity contribution is 7.16. The van der Waals surface area contributed by atoms with Gasteiger partial charge in [0.05, 0.1) is 17.6 Å². The Hall–Kier alpha value is -1.38. The summed E-state index contributed by atoms with van der Waals surface area (Å²) < 4.78 is 0. The summed E-state index contributed by atoms with van der Waals surface area (Å²) in [5.74, 6) is 5.40. The van der Waals surface area contributed by atoms with Crippen LogP contribution in [0.3, 0.4) is 0 Å². The van der Waals surface area contributed by atoms with Gasteiger partial charge in [-0.1, -0.05) is 23.2 Å². The van der Waals surface area contributed by atoms with E-state index in [9.17, 15) is 4.79 Å². The van der Waals surface area contributed by atoms with Gasteiger partial charge in [-0.2, -0.15) is 0 Å². The zero-order chi connectivity index (χ0) is 9.68. The minimum absolute atomic E-state index is 0.132. The first-order valence-corrected chi connectivity index (χ1v) is 4.46. The number of hydrogen-bond donors (Lipinski definition) is 2. The van der Waals surface area contributed by atoms with E-state index in [1.165, 1.54) is 18.3 Å². The number of nitrogens with zero attached hydrogens (tertiary/aromatic N) is 1. The topological polar surface area (TPSA) is 68.0 Å². The molecule has 0 unspecified atom stereocenters. The molecule has 0 saturated carbocycles. The van der Waals surface area contributed by atoms with E-state index >= 15 is 0 Å². The molecule has 1 rings (SSSR count). The molecule has 5 heteroatoms. The molecular weight excluding hydrogens is 186 g/mol. The third-order valence-corrected chi connectivity index (χ3v) is 1.93. The largest absolute Gasteiger partial charge is 0.320 e. The van der Waals surface area contributed by atoms with Gasteiger partial charge in [-0.05, 0) is 0 Å². The van der Waals surface area contributed by atoms with Crippen molar-refractivity contribution in [3.05, 3.63) is 11.1 Å². The smallest absolute Gasteiger partial charge is 0.223 e. The minimum atomic E-state index is -0.132. The average molecular weight is 195 g/mol. The Morgan fingerprint density at radius 2 is 2.62 bits per heavy atom. The summed E-state index contributed by atoms with van der Waals surface area (Å²) in [5.41, 5.74) is 5.20. The second kappa shape index (κ2) is 4.60. The SMILES string of the molecule is CC(=O)Nc1ncc(C#CCN)s1. The molecule has 0 aliphatic heterocycles. The quantitative estimate of drug-likeness (QED) is 0.638. The normalized spacial score (nSPS) is 8.77. The number of carbonyl (C=O) groups is 1. The second-order valence-electron chi connectivity index (χ2n) is 2.22. The van der Waals surface area contributed by atoms with E-state index in [1.54, 1.807) is 6.20 Å². The van der Waals surface area contributed by atoms with Gasteiger partial charge < -0.3 is 11.1 Å². The van der Waals surface area contributed by atoms with Crippen LogP contribution in [0, 0.1) is 11.8 Å². The van der Waals surface area contributed by atoms with Crippen molar-refractivity contribution in [3.63, 3.8) is 0 Å². The molecule has 0 aliphatic carbocycles. The number of hydrogen-bond acceptors (Lipinski definition) is 4. The predicted octanol–water partition coefficient (Wildman–Crippen LogP) is 0.412. The number of carbonyl (C=O) groups excluding carboxylic acids is 1. The van der Waals surface area contributed by atoms with Gasteiger partial charge in [0.25, 0.3) is 0 Å². The molecule has 0 aliphatic rings. The van der Waals surface area contributed by atoms with Crippen molar-refractivity contribution in [2.75, 3.05) is 11.9 Å². The maximum atomic E-state index is 10.6. The molecule has 0 aromatic carbocycles. The molecule has 13 heavy (non-hydrogen) atoms. The van der Waals surface area contributed by atoms with Crippen molar-refractivity contribution in [1.82, 2.24) is 4.98 Å². The molecular formula is C8H9N3OS. The number of rotatable bonds is 1. The van der Waals surface area contributed by atoms with Crippen LogP contribution in [0.1, 0.15) is 11.8 Å². The Labute approximate surface area is 80.2 Å². The van der Waals surface area contributed by atoms with Crippen molar-refractivity contribution in [1.29, 1.82) is 0 Å². The first-order chi connectivity index (χ1) is 6.22. The monoisotopic (exact) mass is 195 g/mol. The molecule has 1 aromatic heterocycles. The third kappa shape index (κ3) is 3.23. The molecule has 0 radical (unpaired) electrons. The van der Waals surface area contributed by atoms with Crippen molar-refractivity contribution >= 4 is 22.4 Å². The molecule has 68 valence electrons. The van der Waals surface area contributed by atoms with Crippen LogP contribution >= 0.6 is 11.3 Å². The van der Waals surface area contributed by atoms with E-state index < -0.39 is 0 Å². The van der Waals surface area contributed by atoms with E-state index in [0.717, 1.165) is 4.88 Å². The van der Waals surface area contributed by atoms with Crippen molar-refractivity contribution < 1.29 is 4.79 Å². The molecule has 0 atom stereocenters. The van der Waals surface area contributed by atoms with Crippen LogP contribution in [0.15, 0.2) is 6.20 Å². The highest BCUT2D eigenvalue weighted by Crippen LogP contribution is 2.16. The summed E-state index contributed by atoms with van der Waals surface area (Å²) in [6.07, 6.45) is 1.61. The lowest BCUT2D eigenvalue weighted by Gasteiger charge is -1.91. The third-order valence-electron chi connectivity index (χ3n) is 1.10. The standard InChI is InChI=1S/C8H9N3OS/c1-6(12)11-8-10-5-7(13-8)3-2-4-9/h5H,4,9H2,1H3,(H,10,11,12). The number of thiazole rings is 1. The highest BCUT2D eigenvalue weighted by atomic mass is 32.1. The van der Waals surface area contributed by atoms with Gasteiger partial charge in [-0.15, -0.1) is 0 Å². The molecule has 1 heterocycles. The second-order valence-corrected chi connectivity index (χ2v) is 3.25. The Kier molecular flexibility index (Phi) is 3.43. The molecule has 3 N–H and O–H groups in total. The van der Waals surface area contributed by atoms with Crippen molar-refractivity contribution in [2.45, 2.75) is 6.92 Å². The van der Waals surface area contributed by atoms with Gasteiger partial charge in [-0.25, -0.2) is 4.98 Å². The number of nitrogens with two attached hydrogens (primary N) is 1. The molecule has 0 saturated heterocycles. The van der Waals surface area contributed by atoms with E-state index in [4.69, 9.17) is 5.73 Å². The van der Waals surface area contributed by atoms with E-state index in [0.29, 0.717) is 11.7 Å². The van der Waals surface area contributed by atoms with Crippen molar-refractivity contribution in [3.8, 4) is 11.8 Å². The summed E-state index contributed by atoms with van der Waals surface area (Å²) in [4.78, 5) is 15.4. The van der Waals surface area contributed by atoms with Gasteiger partial charge in [0.1, 0.15) is 0 Å². The Bertz CT molecular complexity index is 361. The van der Waals surface area contributed by atoms with E-state index in [2.05, 4.69) is 22.1 Å². The van der Waals surface area contributed by atoms with Gasteiger partial charge >= 0.3 is 0 Å². The first kappa shape index (κ1) is 9.71. The summed E-state index contributed by atoms with van der Waals surface area (Å²) in [6.45, 7) is 1.76. The fraction of sp³-hybridized carbons (Fsp3) is 0.250.